The number of pyridine rings is 1. The molecular weight excluding hydrogens is 441 g/mol. The molecule has 0 bridgehead atoms. The van der Waals surface area contributed by atoms with Crippen molar-refractivity contribution in [3.8, 4) is 0 Å². The van der Waals surface area contributed by atoms with E-state index in [4.69, 9.17) is 11.6 Å². The largest absolute Gasteiger partial charge is 0.454 e. The van der Waals surface area contributed by atoms with Gasteiger partial charge in [-0.05, 0) is 12.1 Å². The summed E-state index contributed by atoms with van der Waals surface area (Å²) in [5, 5.41) is 14.1. The van der Waals surface area contributed by atoms with Crippen molar-refractivity contribution < 1.29 is 41.6 Å². The monoisotopic (exact) mass is 450 g/mol. The maximum atomic E-state index is 12.5. The molecule has 0 unspecified atom stereocenters. The Hall–Kier alpha value is -3.68. The average molecular weight is 451 g/mol. The lowest BCUT2D eigenvalue weighted by atomic mass is 10.3. The number of amides is 2. The summed E-state index contributed by atoms with van der Waals surface area (Å²) in [4.78, 5) is 47.9. The quantitative estimate of drug-likeness (QED) is 0.369. The van der Waals surface area contributed by atoms with E-state index in [1.54, 1.807) is 0 Å². The molecule has 0 aromatic carbocycles. The normalized spacial score (nSPS) is 10.9. The highest BCUT2D eigenvalue weighted by atomic mass is 35.5. The molecule has 2 rings (SSSR count). The molecule has 0 saturated carbocycles. The number of ether oxygens (including phenoxy) is 1. The molecule has 0 aliphatic heterocycles. The molecule has 2 aromatic heterocycles. The minimum Gasteiger partial charge on any atom is -0.454 e. The second-order valence-corrected chi connectivity index (χ2v) is 5.75. The first-order chi connectivity index (χ1) is 14.0. The number of alkyl halides is 3. The summed E-state index contributed by atoms with van der Waals surface area (Å²) in [7, 11) is 0. The molecule has 0 aliphatic carbocycles. The van der Waals surface area contributed by atoms with Crippen molar-refractivity contribution in [3.63, 3.8) is 0 Å². The molecule has 160 valence electrons. The molecule has 0 aliphatic rings. The van der Waals surface area contributed by atoms with Gasteiger partial charge in [-0.2, -0.15) is 13.2 Å². The molecule has 30 heavy (non-hydrogen) atoms. The third-order valence-corrected chi connectivity index (χ3v) is 3.47. The minimum atomic E-state index is -4.67. The number of hydrogen-bond donors (Lipinski definition) is 2. The first-order valence-electron chi connectivity index (χ1n) is 7.68. The van der Waals surface area contributed by atoms with E-state index >= 15 is 0 Å². The molecule has 0 radical (unpaired) electrons. The third-order valence-electron chi connectivity index (χ3n) is 3.18. The van der Waals surface area contributed by atoms with Crippen molar-refractivity contribution >= 4 is 41.1 Å². The van der Waals surface area contributed by atoms with E-state index in [-0.39, 0.29) is 5.82 Å². The molecule has 0 saturated heterocycles. The number of furan rings is 1. The van der Waals surface area contributed by atoms with Gasteiger partial charge in [-0.3, -0.25) is 24.5 Å². The number of nitrogens with zero attached hydrogens (tertiary/aromatic N) is 2. The molecule has 2 aromatic rings. The number of esters is 1. The van der Waals surface area contributed by atoms with Crippen LogP contribution in [0.2, 0.25) is 5.02 Å². The van der Waals surface area contributed by atoms with E-state index in [9.17, 15) is 37.7 Å². The Morgan fingerprint density at radius 2 is 2.00 bits per heavy atom. The van der Waals surface area contributed by atoms with Crippen LogP contribution in [0.4, 0.5) is 24.9 Å². The maximum absolute atomic E-state index is 12.5. The Bertz CT molecular complexity index is 993. The molecule has 2 N–H and O–H groups in total. The molecule has 15 heteroatoms. The lowest BCUT2D eigenvalue weighted by Crippen LogP contribution is -2.32. The number of carbonyl (C=O) groups excluding carboxylic acids is 3. The zero-order chi connectivity index (χ0) is 22.5. The van der Waals surface area contributed by atoms with Crippen LogP contribution in [0.3, 0.4) is 0 Å². The van der Waals surface area contributed by atoms with Gasteiger partial charge in [-0.1, -0.05) is 11.6 Å². The number of carbonyl (C=O) groups is 3. The Kier molecular flexibility index (Phi) is 6.94. The number of aromatic nitrogens is 1. The van der Waals surface area contributed by atoms with E-state index in [1.807, 2.05) is 0 Å². The van der Waals surface area contributed by atoms with Gasteiger partial charge in [-0.15, -0.1) is 0 Å². The molecule has 2 heterocycles. The Balaban J connectivity index is 1.79. The summed E-state index contributed by atoms with van der Waals surface area (Å²) in [6.45, 7) is -1.54. The van der Waals surface area contributed by atoms with Crippen LogP contribution in [-0.4, -0.2) is 40.8 Å². The van der Waals surface area contributed by atoms with Crippen LogP contribution in [0.1, 0.15) is 16.1 Å². The lowest BCUT2D eigenvalue weighted by Gasteiger charge is -2.10. The number of hydrogen-bond acceptors (Lipinski definition) is 8. The van der Waals surface area contributed by atoms with E-state index < -0.39 is 64.3 Å². The van der Waals surface area contributed by atoms with Crippen LogP contribution >= 0.6 is 11.6 Å². The Labute approximate surface area is 169 Å². The zero-order valence-corrected chi connectivity index (χ0v) is 15.2. The van der Waals surface area contributed by atoms with E-state index in [0.717, 1.165) is 12.1 Å². The van der Waals surface area contributed by atoms with Crippen LogP contribution in [-0.2, 0) is 20.5 Å². The van der Waals surface area contributed by atoms with Gasteiger partial charge in [0.15, 0.2) is 18.2 Å². The fourth-order valence-electron chi connectivity index (χ4n) is 1.84. The summed E-state index contributed by atoms with van der Waals surface area (Å²) in [5.74, 6) is -4.41. The summed E-state index contributed by atoms with van der Waals surface area (Å²) in [6, 6.07) is 2.52. The molecular formula is C15H10ClF3N4O7. The van der Waals surface area contributed by atoms with Gasteiger partial charge in [0.05, 0.1) is 16.7 Å². The maximum Gasteiger partial charge on any atom is 0.433 e. The van der Waals surface area contributed by atoms with E-state index in [2.05, 4.69) is 24.8 Å². The Morgan fingerprint density at radius 1 is 1.30 bits per heavy atom. The third kappa shape index (κ3) is 6.16. The SMILES string of the molecule is O=C(COC(=O)CNC(=O)c1ccc([N+](=O)[O-])o1)Nc1ncc(C(F)(F)F)cc1Cl. The van der Waals surface area contributed by atoms with Crippen molar-refractivity contribution in [2.24, 2.45) is 0 Å². The molecule has 0 atom stereocenters. The van der Waals surface area contributed by atoms with Crippen LogP contribution in [0.5, 0.6) is 0 Å². The highest BCUT2D eigenvalue weighted by Gasteiger charge is 2.31. The standard InChI is InChI=1S/C15H10ClF3N4O7/c16-8-3-7(15(17,18)19)4-20-13(8)22-10(24)6-29-12(25)5-21-14(26)9-1-2-11(30-9)23(27)28/h1-4H,5-6H2,(H,21,26)(H,20,22,24). The smallest absolute Gasteiger partial charge is 0.433 e. The molecule has 2 amide bonds. The predicted molar refractivity (Wildman–Crippen MR) is 91.5 cm³/mol. The summed E-state index contributed by atoms with van der Waals surface area (Å²) in [5.41, 5.74) is -1.12. The van der Waals surface area contributed by atoms with Crippen molar-refractivity contribution in [1.82, 2.24) is 10.3 Å². The first-order valence-corrected chi connectivity index (χ1v) is 8.06. The van der Waals surface area contributed by atoms with Crippen molar-refractivity contribution in [2.45, 2.75) is 6.18 Å². The second-order valence-electron chi connectivity index (χ2n) is 5.34. The van der Waals surface area contributed by atoms with Gasteiger partial charge in [0.1, 0.15) is 11.5 Å². The predicted octanol–water partition coefficient (Wildman–Crippen LogP) is 2.17. The van der Waals surface area contributed by atoms with Gasteiger partial charge in [0, 0.05) is 6.20 Å². The van der Waals surface area contributed by atoms with Gasteiger partial charge in [0.25, 0.3) is 11.8 Å². The van der Waals surface area contributed by atoms with E-state index in [1.165, 1.54) is 0 Å². The van der Waals surface area contributed by atoms with Crippen LogP contribution < -0.4 is 10.6 Å². The highest BCUT2D eigenvalue weighted by molar-refractivity contribution is 6.33. The van der Waals surface area contributed by atoms with Gasteiger partial charge >= 0.3 is 18.0 Å². The minimum absolute atomic E-state index is 0.376. The molecule has 11 nitrogen and oxygen atoms in total. The number of anilines is 1. The summed E-state index contributed by atoms with van der Waals surface area (Å²) in [6.07, 6.45) is -4.21. The topological polar surface area (TPSA) is 154 Å². The Morgan fingerprint density at radius 3 is 2.57 bits per heavy atom. The van der Waals surface area contributed by atoms with Crippen molar-refractivity contribution in [3.05, 3.63) is 50.9 Å². The van der Waals surface area contributed by atoms with Crippen LogP contribution in [0.25, 0.3) is 0 Å². The summed E-state index contributed by atoms with van der Waals surface area (Å²) >= 11 is 5.62. The fourth-order valence-corrected chi connectivity index (χ4v) is 2.05. The number of nitrogens with one attached hydrogen (secondary N) is 2. The number of nitro groups is 1. The number of halogens is 4. The zero-order valence-electron chi connectivity index (χ0n) is 14.5. The van der Waals surface area contributed by atoms with Gasteiger partial charge in [0.2, 0.25) is 0 Å². The molecule has 0 fully saturated rings. The van der Waals surface area contributed by atoms with Gasteiger partial charge in [-0.25, -0.2) is 4.98 Å². The second kappa shape index (κ2) is 9.21. The summed E-state index contributed by atoms with van der Waals surface area (Å²) < 4.78 is 46.8. The van der Waals surface area contributed by atoms with Gasteiger partial charge < -0.3 is 19.8 Å². The van der Waals surface area contributed by atoms with Crippen LogP contribution in [0, 0.1) is 10.1 Å². The first kappa shape index (κ1) is 22.6. The van der Waals surface area contributed by atoms with Crippen LogP contribution in [0.15, 0.2) is 28.8 Å². The van der Waals surface area contributed by atoms with Crippen molar-refractivity contribution in [1.29, 1.82) is 0 Å². The fraction of sp³-hybridized carbons (Fsp3) is 0.200. The highest BCUT2D eigenvalue weighted by Crippen LogP contribution is 2.32. The molecule has 0 spiro atoms. The lowest BCUT2D eigenvalue weighted by molar-refractivity contribution is -0.402. The average Bonchev–Trinajstić information content (AvgIpc) is 3.16. The number of rotatable bonds is 7. The van der Waals surface area contributed by atoms with Crippen molar-refractivity contribution in [2.75, 3.05) is 18.5 Å². The van der Waals surface area contributed by atoms with E-state index in [0.29, 0.717) is 12.3 Å².